The van der Waals surface area contributed by atoms with Crippen LogP contribution in [0.4, 0.5) is 0 Å². The lowest BCUT2D eigenvalue weighted by atomic mass is 10.1. The molecular weight excluding hydrogens is 330 g/mol. The van der Waals surface area contributed by atoms with E-state index in [1.165, 1.54) is 10.6 Å². The summed E-state index contributed by atoms with van der Waals surface area (Å²) >= 11 is 0. The molecule has 0 amide bonds. The highest BCUT2D eigenvalue weighted by atomic mass is 32.2. The zero-order valence-corrected chi connectivity index (χ0v) is 14.4. The predicted octanol–water partition coefficient (Wildman–Crippen LogP) is 1.58. The van der Waals surface area contributed by atoms with Gasteiger partial charge in [0.15, 0.2) is 5.82 Å². The van der Waals surface area contributed by atoms with Crippen LogP contribution in [-0.4, -0.2) is 48.8 Å². The van der Waals surface area contributed by atoms with Crippen molar-refractivity contribution in [2.45, 2.75) is 25.4 Å². The van der Waals surface area contributed by atoms with Gasteiger partial charge >= 0.3 is 0 Å². The molecule has 2 heterocycles. The fourth-order valence-electron chi connectivity index (χ4n) is 2.69. The maximum Gasteiger partial charge on any atom is 0.231 e. The van der Waals surface area contributed by atoms with Crippen LogP contribution in [0.15, 0.2) is 34.9 Å². The van der Waals surface area contributed by atoms with Gasteiger partial charge in [-0.3, -0.25) is 0 Å². The highest BCUT2D eigenvalue weighted by Gasteiger charge is 2.32. The van der Waals surface area contributed by atoms with E-state index in [1.807, 2.05) is 30.3 Å². The summed E-state index contributed by atoms with van der Waals surface area (Å²) in [6.45, 7) is 1.97. The van der Waals surface area contributed by atoms with Gasteiger partial charge in [-0.1, -0.05) is 35.5 Å². The first-order chi connectivity index (χ1) is 11.5. The summed E-state index contributed by atoms with van der Waals surface area (Å²) < 4.78 is 35.4. The van der Waals surface area contributed by atoms with Gasteiger partial charge in [0.25, 0.3) is 0 Å². The number of rotatable bonds is 7. The number of nitrogens with zero attached hydrogens (tertiary/aromatic N) is 3. The Labute approximate surface area is 141 Å². The van der Waals surface area contributed by atoms with Crippen LogP contribution in [0.25, 0.3) is 0 Å². The lowest BCUT2D eigenvalue weighted by Gasteiger charge is -2.11. The maximum absolute atomic E-state index is 11.5. The van der Waals surface area contributed by atoms with Crippen LogP contribution < -0.4 is 0 Å². The molecule has 1 atom stereocenters. The van der Waals surface area contributed by atoms with E-state index in [-0.39, 0.29) is 5.92 Å². The van der Waals surface area contributed by atoms with Crippen LogP contribution in [0.2, 0.25) is 0 Å². The molecule has 1 aliphatic rings. The molecule has 1 aliphatic heterocycles. The fourth-order valence-corrected chi connectivity index (χ4v) is 3.58. The molecule has 24 heavy (non-hydrogen) atoms. The highest BCUT2D eigenvalue weighted by Crippen LogP contribution is 2.27. The average molecular weight is 351 g/mol. The van der Waals surface area contributed by atoms with Crippen molar-refractivity contribution in [3.63, 3.8) is 0 Å². The van der Waals surface area contributed by atoms with Gasteiger partial charge in [0.1, 0.15) is 0 Å². The van der Waals surface area contributed by atoms with Gasteiger partial charge in [-0.25, -0.2) is 12.7 Å². The molecule has 0 N–H and O–H groups in total. The van der Waals surface area contributed by atoms with Crippen molar-refractivity contribution < 1.29 is 17.7 Å². The van der Waals surface area contributed by atoms with Crippen LogP contribution in [0.3, 0.4) is 0 Å². The van der Waals surface area contributed by atoms with Gasteiger partial charge in [-0.05, 0) is 12.0 Å². The van der Waals surface area contributed by atoms with E-state index in [4.69, 9.17) is 9.26 Å². The van der Waals surface area contributed by atoms with Crippen molar-refractivity contribution in [2.75, 3.05) is 26.0 Å². The minimum Gasteiger partial charge on any atom is -0.376 e. The second-order valence-electron chi connectivity index (χ2n) is 5.94. The normalized spacial score (nSPS) is 19.0. The van der Waals surface area contributed by atoms with Crippen LogP contribution in [0.1, 0.15) is 29.6 Å². The molecule has 0 spiro atoms. The molecule has 130 valence electrons. The molecule has 0 bridgehead atoms. The van der Waals surface area contributed by atoms with E-state index in [0.717, 1.165) is 5.56 Å². The van der Waals surface area contributed by atoms with Crippen LogP contribution in [-0.2, 0) is 27.8 Å². The van der Waals surface area contributed by atoms with Gasteiger partial charge < -0.3 is 9.26 Å². The summed E-state index contributed by atoms with van der Waals surface area (Å²) in [5.41, 5.74) is 1.12. The van der Waals surface area contributed by atoms with Crippen molar-refractivity contribution in [1.82, 2.24) is 14.4 Å². The van der Waals surface area contributed by atoms with Crippen molar-refractivity contribution in [3.8, 4) is 0 Å². The number of ether oxygens (including phenoxy) is 1. The molecule has 2 aromatic rings. The Balaban J connectivity index is 1.46. The summed E-state index contributed by atoms with van der Waals surface area (Å²) in [5, 5.41) is 3.96. The second kappa shape index (κ2) is 7.42. The lowest BCUT2D eigenvalue weighted by Crippen LogP contribution is -2.27. The van der Waals surface area contributed by atoms with Gasteiger partial charge in [0, 0.05) is 19.5 Å². The number of aromatic nitrogens is 2. The van der Waals surface area contributed by atoms with Gasteiger partial charge in [0.05, 0.1) is 25.4 Å². The highest BCUT2D eigenvalue weighted by molar-refractivity contribution is 7.88. The Morgan fingerprint density at radius 2 is 2.12 bits per heavy atom. The number of benzene rings is 1. The molecule has 1 fully saturated rings. The predicted molar refractivity (Wildman–Crippen MR) is 87.9 cm³/mol. The first-order valence-corrected chi connectivity index (χ1v) is 9.76. The Kier molecular flexibility index (Phi) is 5.27. The van der Waals surface area contributed by atoms with E-state index in [1.54, 1.807) is 0 Å². The smallest absolute Gasteiger partial charge is 0.231 e. The molecule has 1 saturated heterocycles. The minimum atomic E-state index is -3.16. The van der Waals surface area contributed by atoms with Crippen molar-refractivity contribution in [3.05, 3.63) is 47.6 Å². The first-order valence-electron chi connectivity index (χ1n) is 7.91. The third-order valence-corrected chi connectivity index (χ3v) is 5.30. The third-order valence-electron chi connectivity index (χ3n) is 4.03. The number of hydrogen-bond donors (Lipinski definition) is 0. The molecule has 7 nitrogen and oxygen atoms in total. The van der Waals surface area contributed by atoms with Crippen LogP contribution in [0, 0.1) is 0 Å². The van der Waals surface area contributed by atoms with E-state index in [9.17, 15) is 8.42 Å². The third kappa shape index (κ3) is 4.40. The Hall–Kier alpha value is -1.77. The van der Waals surface area contributed by atoms with E-state index in [0.29, 0.717) is 50.9 Å². The Morgan fingerprint density at radius 3 is 2.83 bits per heavy atom. The minimum absolute atomic E-state index is 0.0220. The standard InChI is InChI=1S/C16H21N3O4S/c1-24(20,21)19-9-7-14(11-19)16-17-15(18-23-16)8-10-22-12-13-5-3-2-4-6-13/h2-6,14H,7-12H2,1H3. The summed E-state index contributed by atoms with van der Waals surface area (Å²) in [6, 6.07) is 9.95. The van der Waals surface area contributed by atoms with Crippen LogP contribution in [0.5, 0.6) is 0 Å². The Morgan fingerprint density at radius 1 is 1.33 bits per heavy atom. The molecule has 1 aromatic heterocycles. The van der Waals surface area contributed by atoms with Crippen LogP contribution >= 0.6 is 0 Å². The largest absolute Gasteiger partial charge is 0.376 e. The van der Waals surface area contributed by atoms with E-state index >= 15 is 0 Å². The quantitative estimate of drug-likeness (QED) is 0.704. The zero-order chi connectivity index (χ0) is 17.0. The van der Waals surface area contributed by atoms with Crippen molar-refractivity contribution in [2.24, 2.45) is 0 Å². The molecule has 0 radical (unpaired) electrons. The summed E-state index contributed by atoms with van der Waals surface area (Å²) in [5.74, 6) is 1.08. The molecular formula is C16H21N3O4S. The maximum atomic E-state index is 11.5. The average Bonchev–Trinajstić information content (AvgIpc) is 3.21. The topological polar surface area (TPSA) is 85.5 Å². The van der Waals surface area contributed by atoms with Gasteiger partial charge in [0.2, 0.25) is 15.9 Å². The summed E-state index contributed by atoms with van der Waals surface area (Å²) in [4.78, 5) is 4.37. The van der Waals surface area contributed by atoms with E-state index in [2.05, 4.69) is 10.1 Å². The van der Waals surface area contributed by atoms with Gasteiger partial charge in [-0.2, -0.15) is 4.98 Å². The molecule has 0 aliphatic carbocycles. The van der Waals surface area contributed by atoms with E-state index < -0.39 is 10.0 Å². The number of hydrogen-bond acceptors (Lipinski definition) is 6. The molecule has 1 aromatic carbocycles. The monoisotopic (exact) mass is 351 g/mol. The molecule has 3 rings (SSSR count). The molecule has 8 heteroatoms. The zero-order valence-electron chi connectivity index (χ0n) is 13.6. The summed E-state index contributed by atoms with van der Waals surface area (Å²) in [7, 11) is -3.16. The second-order valence-corrected chi connectivity index (χ2v) is 7.93. The Bertz CT molecular complexity index is 761. The first kappa shape index (κ1) is 17.1. The van der Waals surface area contributed by atoms with Crippen molar-refractivity contribution >= 4 is 10.0 Å². The fraction of sp³-hybridized carbons (Fsp3) is 0.500. The lowest BCUT2D eigenvalue weighted by molar-refractivity contribution is 0.122. The van der Waals surface area contributed by atoms with Gasteiger partial charge in [-0.15, -0.1) is 0 Å². The SMILES string of the molecule is CS(=O)(=O)N1CCC(c2nc(CCOCc3ccccc3)no2)C1. The number of sulfonamides is 1. The molecule has 0 saturated carbocycles. The molecule has 1 unspecified atom stereocenters. The summed E-state index contributed by atoms with van der Waals surface area (Å²) in [6.07, 6.45) is 2.50. The van der Waals surface area contributed by atoms with Crippen molar-refractivity contribution in [1.29, 1.82) is 0 Å².